The van der Waals surface area contributed by atoms with E-state index in [0.717, 1.165) is 11.1 Å². The summed E-state index contributed by atoms with van der Waals surface area (Å²) in [5.74, 6) is 0.470. The van der Waals surface area contributed by atoms with Crippen LogP contribution in [0.1, 0.15) is 59.3 Å². The van der Waals surface area contributed by atoms with E-state index in [4.69, 9.17) is 4.74 Å². The number of ether oxygens (including phenoxy) is 1. The van der Waals surface area contributed by atoms with Crippen LogP contribution in [0.4, 0.5) is 4.79 Å². The lowest BCUT2D eigenvalue weighted by molar-refractivity contribution is 0.132. The first-order chi connectivity index (χ1) is 14.8. The summed E-state index contributed by atoms with van der Waals surface area (Å²) in [5.41, 5.74) is 9.61. The van der Waals surface area contributed by atoms with Crippen molar-refractivity contribution in [3.8, 4) is 11.1 Å². The minimum Gasteiger partial charge on any atom is -0.439 e. The van der Waals surface area contributed by atoms with Gasteiger partial charge in [0.05, 0.1) is 6.54 Å². The standard InChI is InChI=1S/C28H31NO2/c1-18(2)23-12-9-21(5)26(15-23)25-13-8-20(4)14-24(25)16-29-17-27(31-28(29)30)22-10-6-19(3)7-11-22/h6-15,18,27H,16-17H2,1-5H3. The Morgan fingerprint density at radius 2 is 1.61 bits per heavy atom. The van der Waals surface area contributed by atoms with Crippen LogP contribution in [0.2, 0.25) is 0 Å². The summed E-state index contributed by atoms with van der Waals surface area (Å²) in [4.78, 5) is 14.5. The van der Waals surface area contributed by atoms with E-state index in [2.05, 4.69) is 95.3 Å². The molecule has 160 valence electrons. The molecule has 1 heterocycles. The van der Waals surface area contributed by atoms with Crippen LogP contribution < -0.4 is 0 Å². The molecule has 1 aliphatic heterocycles. The highest BCUT2D eigenvalue weighted by molar-refractivity contribution is 5.74. The molecule has 4 rings (SSSR count). The zero-order valence-corrected chi connectivity index (χ0v) is 19.1. The third kappa shape index (κ3) is 4.51. The smallest absolute Gasteiger partial charge is 0.410 e. The van der Waals surface area contributed by atoms with Gasteiger partial charge in [0.1, 0.15) is 6.10 Å². The molecule has 1 saturated heterocycles. The molecular weight excluding hydrogens is 382 g/mol. The maximum absolute atomic E-state index is 12.7. The molecule has 0 bridgehead atoms. The van der Waals surface area contributed by atoms with Crippen molar-refractivity contribution < 1.29 is 9.53 Å². The van der Waals surface area contributed by atoms with Gasteiger partial charge in [-0.25, -0.2) is 4.79 Å². The zero-order chi connectivity index (χ0) is 22.1. The average molecular weight is 414 g/mol. The highest BCUT2D eigenvalue weighted by atomic mass is 16.6. The van der Waals surface area contributed by atoms with Crippen LogP contribution in [0.25, 0.3) is 11.1 Å². The van der Waals surface area contributed by atoms with Gasteiger partial charge in [-0.15, -0.1) is 0 Å². The minimum absolute atomic E-state index is 0.215. The van der Waals surface area contributed by atoms with Gasteiger partial charge in [0.2, 0.25) is 0 Å². The van der Waals surface area contributed by atoms with Crippen molar-refractivity contribution in [1.82, 2.24) is 4.90 Å². The molecule has 0 spiro atoms. The van der Waals surface area contributed by atoms with Gasteiger partial charge in [-0.3, -0.25) is 4.90 Å². The van der Waals surface area contributed by atoms with Gasteiger partial charge in [0, 0.05) is 6.54 Å². The summed E-state index contributed by atoms with van der Waals surface area (Å²) in [6.45, 7) is 11.9. The molecule has 1 atom stereocenters. The van der Waals surface area contributed by atoms with Crippen molar-refractivity contribution in [1.29, 1.82) is 0 Å². The fourth-order valence-corrected chi connectivity index (χ4v) is 4.20. The Hall–Kier alpha value is -3.07. The predicted octanol–water partition coefficient (Wildman–Crippen LogP) is 7.10. The number of cyclic esters (lactones) is 1. The summed E-state index contributed by atoms with van der Waals surface area (Å²) < 4.78 is 5.71. The Labute approximate surface area is 185 Å². The first kappa shape index (κ1) is 21.2. The van der Waals surface area contributed by atoms with Gasteiger partial charge in [-0.05, 0) is 60.1 Å². The molecule has 0 N–H and O–H groups in total. The second-order valence-corrected chi connectivity index (χ2v) is 9.05. The lowest BCUT2D eigenvalue weighted by Crippen LogP contribution is -2.24. The molecule has 1 fully saturated rings. The largest absolute Gasteiger partial charge is 0.439 e. The molecule has 0 aromatic heterocycles. The lowest BCUT2D eigenvalue weighted by Gasteiger charge is -2.19. The van der Waals surface area contributed by atoms with Crippen LogP contribution in [-0.4, -0.2) is 17.5 Å². The lowest BCUT2D eigenvalue weighted by atomic mass is 9.90. The highest BCUT2D eigenvalue weighted by Crippen LogP contribution is 2.33. The van der Waals surface area contributed by atoms with E-state index in [0.29, 0.717) is 19.0 Å². The first-order valence-electron chi connectivity index (χ1n) is 11.0. The van der Waals surface area contributed by atoms with Gasteiger partial charge < -0.3 is 4.74 Å². The Morgan fingerprint density at radius 3 is 2.32 bits per heavy atom. The Kier molecular flexibility index (Phi) is 5.86. The van der Waals surface area contributed by atoms with Crippen molar-refractivity contribution in [3.63, 3.8) is 0 Å². The summed E-state index contributed by atoms with van der Waals surface area (Å²) in [6, 6.07) is 21.5. The number of carbonyl (C=O) groups is 1. The molecule has 31 heavy (non-hydrogen) atoms. The Bertz CT molecular complexity index is 1100. The number of hydrogen-bond donors (Lipinski definition) is 0. The highest BCUT2D eigenvalue weighted by Gasteiger charge is 2.32. The summed E-state index contributed by atoms with van der Waals surface area (Å²) in [6.07, 6.45) is -0.460. The molecule has 3 aromatic rings. The van der Waals surface area contributed by atoms with Crippen LogP contribution in [0.3, 0.4) is 0 Å². The van der Waals surface area contributed by atoms with Crippen molar-refractivity contribution in [2.45, 2.75) is 53.2 Å². The number of amides is 1. The number of nitrogens with zero attached hydrogens (tertiary/aromatic N) is 1. The number of benzene rings is 3. The van der Waals surface area contributed by atoms with E-state index in [1.54, 1.807) is 0 Å². The second-order valence-electron chi connectivity index (χ2n) is 9.05. The molecule has 3 heteroatoms. The van der Waals surface area contributed by atoms with Crippen molar-refractivity contribution in [2.24, 2.45) is 0 Å². The van der Waals surface area contributed by atoms with Gasteiger partial charge in [0.25, 0.3) is 0 Å². The summed E-state index contributed by atoms with van der Waals surface area (Å²) in [7, 11) is 0. The summed E-state index contributed by atoms with van der Waals surface area (Å²) >= 11 is 0. The van der Waals surface area contributed by atoms with Crippen molar-refractivity contribution in [2.75, 3.05) is 6.54 Å². The van der Waals surface area contributed by atoms with Gasteiger partial charge >= 0.3 is 6.09 Å². The Balaban J connectivity index is 1.64. The minimum atomic E-state index is -0.245. The monoisotopic (exact) mass is 413 g/mol. The normalized spacial score (nSPS) is 16.1. The number of hydrogen-bond acceptors (Lipinski definition) is 2. The van der Waals surface area contributed by atoms with Gasteiger partial charge in [-0.2, -0.15) is 0 Å². The van der Waals surface area contributed by atoms with Crippen LogP contribution in [0.15, 0.2) is 60.7 Å². The average Bonchev–Trinajstić information content (AvgIpc) is 3.09. The third-order valence-electron chi connectivity index (χ3n) is 6.18. The molecule has 1 unspecified atom stereocenters. The van der Waals surface area contributed by atoms with Crippen LogP contribution >= 0.6 is 0 Å². The van der Waals surface area contributed by atoms with E-state index in [1.807, 2.05) is 4.90 Å². The van der Waals surface area contributed by atoms with Crippen LogP contribution in [-0.2, 0) is 11.3 Å². The molecule has 0 radical (unpaired) electrons. The van der Waals surface area contributed by atoms with Crippen molar-refractivity contribution >= 4 is 6.09 Å². The van der Waals surface area contributed by atoms with Crippen LogP contribution in [0, 0.1) is 20.8 Å². The third-order valence-corrected chi connectivity index (χ3v) is 6.18. The SMILES string of the molecule is Cc1ccc(C2CN(Cc3cc(C)ccc3-c3cc(C(C)C)ccc3C)C(=O)O2)cc1. The van der Waals surface area contributed by atoms with Gasteiger partial charge in [0.15, 0.2) is 0 Å². The fourth-order valence-electron chi connectivity index (χ4n) is 4.20. The molecule has 1 amide bonds. The van der Waals surface area contributed by atoms with Crippen molar-refractivity contribution in [3.05, 3.63) is 94.0 Å². The summed E-state index contributed by atoms with van der Waals surface area (Å²) in [5, 5.41) is 0. The molecule has 0 saturated carbocycles. The molecule has 3 aromatic carbocycles. The van der Waals surface area contributed by atoms with E-state index >= 15 is 0 Å². The Morgan fingerprint density at radius 1 is 0.903 bits per heavy atom. The van der Waals surface area contributed by atoms with Crippen LogP contribution in [0.5, 0.6) is 0 Å². The fraction of sp³-hybridized carbons (Fsp3) is 0.321. The first-order valence-corrected chi connectivity index (χ1v) is 11.0. The number of aryl methyl sites for hydroxylation is 3. The van der Waals surface area contributed by atoms with E-state index in [9.17, 15) is 4.79 Å². The second kappa shape index (κ2) is 8.58. The maximum Gasteiger partial charge on any atom is 0.410 e. The van der Waals surface area contributed by atoms with Gasteiger partial charge in [-0.1, -0.05) is 85.6 Å². The molecular formula is C28H31NO2. The van der Waals surface area contributed by atoms with E-state index in [1.165, 1.54) is 33.4 Å². The van der Waals surface area contributed by atoms with E-state index < -0.39 is 0 Å². The number of carbonyl (C=O) groups excluding carboxylic acids is 1. The predicted molar refractivity (Wildman–Crippen MR) is 126 cm³/mol. The molecule has 0 aliphatic carbocycles. The topological polar surface area (TPSA) is 29.5 Å². The maximum atomic E-state index is 12.7. The quantitative estimate of drug-likeness (QED) is 0.446. The zero-order valence-electron chi connectivity index (χ0n) is 19.1. The molecule has 1 aliphatic rings. The number of rotatable bonds is 5. The van der Waals surface area contributed by atoms with E-state index in [-0.39, 0.29) is 12.2 Å². The molecule has 3 nitrogen and oxygen atoms in total.